The molecule has 0 radical (unpaired) electrons. The van der Waals surface area contributed by atoms with E-state index in [1.54, 1.807) is 0 Å². The van der Waals surface area contributed by atoms with E-state index < -0.39 is 17.5 Å². The predicted octanol–water partition coefficient (Wildman–Crippen LogP) is 3.06. The minimum absolute atomic E-state index is 0.104. The molecule has 1 amide bonds. The number of nitrogens with zero attached hydrogens (tertiary/aromatic N) is 1. The quantitative estimate of drug-likeness (QED) is 0.616. The molecule has 138 valence electrons. The van der Waals surface area contributed by atoms with Crippen molar-refractivity contribution in [3.63, 3.8) is 0 Å². The van der Waals surface area contributed by atoms with Gasteiger partial charge in [0.05, 0.1) is 0 Å². The molecule has 2 aliphatic heterocycles. The molecular formula is C18H23F3N2OS. The van der Waals surface area contributed by atoms with Crippen LogP contribution in [0, 0.1) is 23.4 Å². The summed E-state index contributed by atoms with van der Waals surface area (Å²) in [6.45, 7) is 0. The summed E-state index contributed by atoms with van der Waals surface area (Å²) < 4.78 is 40.3. The molecule has 3 nitrogen and oxygen atoms in total. The van der Waals surface area contributed by atoms with E-state index in [1.807, 2.05) is 4.90 Å². The second-order valence-electron chi connectivity index (χ2n) is 7.12. The Bertz CT molecular complexity index is 643. The lowest BCUT2D eigenvalue weighted by Crippen LogP contribution is -2.50. The Kier molecular flexibility index (Phi) is 5.63. The fourth-order valence-electron chi connectivity index (χ4n) is 4.34. The van der Waals surface area contributed by atoms with Gasteiger partial charge in [-0.3, -0.25) is 4.79 Å². The molecule has 25 heavy (non-hydrogen) atoms. The lowest BCUT2D eigenvalue weighted by atomic mass is 9.82. The van der Waals surface area contributed by atoms with Gasteiger partial charge in [0, 0.05) is 30.6 Å². The molecule has 2 saturated heterocycles. The second kappa shape index (κ2) is 7.58. The third-order valence-corrected chi connectivity index (χ3v) is 5.76. The maximum atomic E-state index is 13.9. The van der Waals surface area contributed by atoms with Crippen LogP contribution < -0.4 is 5.73 Å². The lowest BCUT2D eigenvalue weighted by Gasteiger charge is -2.41. The molecule has 1 unspecified atom stereocenters. The highest BCUT2D eigenvalue weighted by atomic mass is 32.1. The number of carbonyl (C=O) groups excluding carboxylic acids is 1. The summed E-state index contributed by atoms with van der Waals surface area (Å²) in [5.41, 5.74) is 6.38. The fraction of sp³-hybridized carbons (Fsp3) is 0.611. The van der Waals surface area contributed by atoms with Gasteiger partial charge < -0.3 is 10.6 Å². The van der Waals surface area contributed by atoms with Crippen LogP contribution in [0.15, 0.2) is 12.1 Å². The highest BCUT2D eigenvalue weighted by Gasteiger charge is 2.44. The standard InChI is InChI=1S/C18H23F3N2OS/c19-14-9-16(21)15(20)7-10(14)8-17(22)11-5-12-1-2-13(6-11)23(12)18(24)3-4-25/h7,9,11-13,17,25H,1-6,8,22H2/t11?,12-,13+,17-/m1/s1. The van der Waals surface area contributed by atoms with Gasteiger partial charge in [-0.2, -0.15) is 12.6 Å². The van der Waals surface area contributed by atoms with E-state index in [0.717, 1.165) is 31.7 Å². The first-order valence-corrected chi connectivity index (χ1v) is 9.35. The van der Waals surface area contributed by atoms with Crippen LogP contribution in [0.1, 0.15) is 37.7 Å². The molecule has 2 heterocycles. The van der Waals surface area contributed by atoms with Gasteiger partial charge in [-0.15, -0.1) is 0 Å². The first kappa shape index (κ1) is 18.6. The van der Waals surface area contributed by atoms with E-state index in [0.29, 0.717) is 18.2 Å². The third-order valence-electron chi connectivity index (χ3n) is 5.53. The van der Waals surface area contributed by atoms with Gasteiger partial charge in [0.2, 0.25) is 5.91 Å². The van der Waals surface area contributed by atoms with Crippen molar-refractivity contribution in [2.24, 2.45) is 11.7 Å². The van der Waals surface area contributed by atoms with Crippen LogP contribution in [0.25, 0.3) is 0 Å². The molecule has 1 aromatic rings. The SMILES string of the molecule is N[C@H](Cc1cc(F)c(F)cc1F)C1C[C@H]2CC[C@@H](C1)N2C(=O)CCS. The Hall–Kier alpha value is -1.21. The zero-order chi connectivity index (χ0) is 18.1. The van der Waals surface area contributed by atoms with Crippen LogP contribution in [-0.2, 0) is 11.2 Å². The zero-order valence-electron chi connectivity index (χ0n) is 13.9. The molecule has 0 aliphatic carbocycles. The number of amides is 1. The molecule has 3 rings (SSSR count). The monoisotopic (exact) mass is 372 g/mol. The maximum Gasteiger partial charge on any atom is 0.223 e. The predicted molar refractivity (Wildman–Crippen MR) is 92.8 cm³/mol. The van der Waals surface area contributed by atoms with Gasteiger partial charge in [-0.1, -0.05) is 0 Å². The molecular weight excluding hydrogens is 349 g/mol. The maximum absolute atomic E-state index is 13.9. The van der Waals surface area contributed by atoms with E-state index in [1.165, 1.54) is 0 Å². The van der Waals surface area contributed by atoms with E-state index in [-0.39, 0.29) is 41.9 Å². The average molecular weight is 372 g/mol. The summed E-state index contributed by atoms with van der Waals surface area (Å²) in [4.78, 5) is 14.2. The van der Waals surface area contributed by atoms with E-state index >= 15 is 0 Å². The van der Waals surface area contributed by atoms with Crippen LogP contribution in [0.3, 0.4) is 0 Å². The van der Waals surface area contributed by atoms with Crippen LogP contribution in [-0.4, -0.2) is 34.7 Å². The minimum Gasteiger partial charge on any atom is -0.337 e. The number of carbonyl (C=O) groups is 1. The third kappa shape index (κ3) is 3.82. The summed E-state index contributed by atoms with van der Waals surface area (Å²) in [5.74, 6) is -2.20. The van der Waals surface area contributed by atoms with Crippen molar-refractivity contribution in [1.29, 1.82) is 0 Å². The van der Waals surface area contributed by atoms with Crippen LogP contribution in [0.4, 0.5) is 13.2 Å². The molecule has 2 N–H and O–H groups in total. The Morgan fingerprint density at radius 2 is 1.76 bits per heavy atom. The first-order chi connectivity index (χ1) is 11.9. The molecule has 2 fully saturated rings. The second-order valence-corrected chi connectivity index (χ2v) is 7.56. The summed E-state index contributed by atoms with van der Waals surface area (Å²) >= 11 is 4.13. The van der Waals surface area contributed by atoms with Gasteiger partial charge >= 0.3 is 0 Å². The Morgan fingerprint density at radius 1 is 1.16 bits per heavy atom. The van der Waals surface area contributed by atoms with Crippen LogP contribution >= 0.6 is 12.6 Å². The number of benzene rings is 1. The normalized spacial score (nSPS) is 26.8. The number of hydrogen-bond donors (Lipinski definition) is 2. The fourth-order valence-corrected chi connectivity index (χ4v) is 4.53. The number of hydrogen-bond acceptors (Lipinski definition) is 3. The molecule has 4 atom stereocenters. The topological polar surface area (TPSA) is 46.3 Å². The van der Waals surface area contributed by atoms with Crippen molar-refractivity contribution in [2.75, 3.05) is 5.75 Å². The number of nitrogens with two attached hydrogens (primary N) is 1. The van der Waals surface area contributed by atoms with Crippen molar-refractivity contribution in [3.8, 4) is 0 Å². The Morgan fingerprint density at radius 3 is 2.36 bits per heavy atom. The van der Waals surface area contributed by atoms with E-state index in [4.69, 9.17) is 5.73 Å². The van der Waals surface area contributed by atoms with Crippen molar-refractivity contribution in [3.05, 3.63) is 35.1 Å². The van der Waals surface area contributed by atoms with Gasteiger partial charge in [-0.05, 0) is 55.4 Å². The molecule has 1 aromatic carbocycles. The van der Waals surface area contributed by atoms with Crippen molar-refractivity contribution >= 4 is 18.5 Å². The molecule has 0 aromatic heterocycles. The van der Waals surface area contributed by atoms with Gasteiger partial charge in [0.1, 0.15) is 5.82 Å². The van der Waals surface area contributed by atoms with Crippen molar-refractivity contribution < 1.29 is 18.0 Å². The first-order valence-electron chi connectivity index (χ1n) is 8.71. The molecule has 0 spiro atoms. The largest absolute Gasteiger partial charge is 0.337 e. The number of rotatable bonds is 5. The average Bonchev–Trinajstić information content (AvgIpc) is 2.83. The van der Waals surface area contributed by atoms with E-state index in [9.17, 15) is 18.0 Å². The summed E-state index contributed by atoms with van der Waals surface area (Å²) in [5, 5.41) is 0. The highest BCUT2D eigenvalue weighted by Crippen LogP contribution is 2.40. The van der Waals surface area contributed by atoms with Gasteiger partial charge in [0.25, 0.3) is 0 Å². The number of fused-ring (bicyclic) bond motifs is 2. The number of thiol groups is 1. The highest BCUT2D eigenvalue weighted by molar-refractivity contribution is 7.80. The van der Waals surface area contributed by atoms with Crippen LogP contribution in [0.5, 0.6) is 0 Å². The Balaban J connectivity index is 1.66. The van der Waals surface area contributed by atoms with Crippen molar-refractivity contribution in [2.45, 2.75) is 56.7 Å². The minimum atomic E-state index is -1.19. The van der Waals surface area contributed by atoms with Crippen molar-refractivity contribution in [1.82, 2.24) is 4.90 Å². The summed E-state index contributed by atoms with van der Waals surface area (Å²) in [7, 11) is 0. The lowest BCUT2D eigenvalue weighted by molar-refractivity contribution is -0.136. The number of piperidine rings is 1. The molecule has 2 aliphatic rings. The van der Waals surface area contributed by atoms with Crippen LogP contribution in [0.2, 0.25) is 0 Å². The smallest absolute Gasteiger partial charge is 0.223 e. The summed E-state index contributed by atoms with van der Waals surface area (Å²) in [6.07, 6.45) is 4.09. The molecule has 7 heteroatoms. The molecule has 0 saturated carbocycles. The van der Waals surface area contributed by atoms with Gasteiger partial charge in [0.15, 0.2) is 11.6 Å². The summed E-state index contributed by atoms with van der Waals surface area (Å²) in [6, 6.07) is 1.48. The molecule has 2 bridgehead atoms. The number of halogens is 3. The Labute approximate surface area is 151 Å². The van der Waals surface area contributed by atoms with Gasteiger partial charge in [-0.25, -0.2) is 13.2 Å². The van der Waals surface area contributed by atoms with E-state index in [2.05, 4.69) is 12.6 Å². The zero-order valence-corrected chi connectivity index (χ0v) is 14.8.